The van der Waals surface area contributed by atoms with Gasteiger partial charge in [0.05, 0.1) is 35.8 Å². The number of nitrogens with zero attached hydrogens (tertiary/aromatic N) is 6. The second-order valence-electron chi connectivity index (χ2n) is 7.85. The molecule has 2 fully saturated rings. The van der Waals surface area contributed by atoms with Crippen molar-refractivity contribution in [2.75, 3.05) is 35.7 Å². The van der Waals surface area contributed by atoms with Gasteiger partial charge in [0.15, 0.2) is 5.16 Å². The standard InChI is InChI=1S/C20H25N7O2S2/c28-17(21-15-7-4-8-16-18(15)25-31-24-16)13-30-20-23-22-19(26-9-2-1-3-10-26)27(20)12-14-6-5-11-29-14/h4,7-8,14H,1-3,5-6,9-13H2,(H,21,28). The lowest BCUT2D eigenvalue weighted by molar-refractivity contribution is -0.113. The molecular weight excluding hydrogens is 434 g/mol. The van der Waals surface area contributed by atoms with Crippen molar-refractivity contribution < 1.29 is 9.53 Å². The molecule has 2 saturated heterocycles. The maximum Gasteiger partial charge on any atom is 0.234 e. The predicted molar refractivity (Wildman–Crippen MR) is 122 cm³/mol. The molecule has 0 aliphatic carbocycles. The van der Waals surface area contributed by atoms with E-state index in [1.807, 2.05) is 18.2 Å². The molecule has 1 N–H and O–H groups in total. The molecule has 1 amide bonds. The number of carbonyl (C=O) groups is 1. The van der Waals surface area contributed by atoms with E-state index < -0.39 is 0 Å². The minimum absolute atomic E-state index is 0.100. The van der Waals surface area contributed by atoms with Gasteiger partial charge in [-0.1, -0.05) is 17.8 Å². The number of hydrogen-bond acceptors (Lipinski definition) is 9. The van der Waals surface area contributed by atoms with Crippen molar-refractivity contribution in [2.24, 2.45) is 0 Å². The third-order valence-electron chi connectivity index (χ3n) is 5.64. The van der Waals surface area contributed by atoms with Crippen LogP contribution in [0.15, 0.2) is 23.4 Å². The van der Waals surface area contributed by atoms with Gasteiger partial charge >= 0.3 is 0 Å². The minimum Gasteiger partial charge on any atom is -0.376 e. The number of piperidine rings is 1. The lowest BCUT2D eigenvalue weighted by Gasteiger charge is -2.28. The van der Waals surface area contributed by atoms with Crippen LogP contribution < -0.4 is 10.2 Å². The Morgan fingerprint density at radius 1 is 1.19 bits per heavy atom. The Balaban J connectivity index is 1.29. The molecule has 0 bridgehead atoms. The highest BCUT2D eigenvalue weighted by molar-refractivity contribution is 7.99. The van der Waals surface area contributed by atoms with Crippen LogP contribution in [0.3, 0.4) is 0 Å². The monoisotopic (exact) mass is 459 g/mol. The van der Waals surface area contributed by atoms with Crippen molar-refractivity contribution in [3.8, 4) is 0 Å². The number of rotatable bonds is 7. The van der Waals surface area contributed by atoms with Crippen LogP contribution in [0.25, 0.3) is 11.0 Å². The Hall–Kier alpha value is -2.24. The fourth-order valence-electron chi connectivity index (χ4n) is 4.09. The Labute approximate surface area is 188 Å². The van der Waals surface area contributed by atoms with E-state index in [4.69, 9.17) is 4.74 Å². The molecule has 5 rings (SSSR count). The van der Waals surface area contributed by atoms with Gasteiger partial charge in [-0.3, -0.25) is 9.36 Å². The number of ether oxygens (including phenoxy) is 1. The molecule has 164 valence electrons. The van der Waals surface area contributed by atoms with Crippen molar-refractivity contribution in [1.82, 2.24) is 23.5 Å². The highest BCUT2D eigenvalue weighted by Gasteiger charge is 2.25. The summed E-state index contributed by atoms with van der Waals surface area (Å²) in [5.41, 5.74) is 2.20. The molecule has 0 spiro atoms. The van der Waals surface area contributed by atoms with E-state index in [1.165, 1.54) is 31.0 Å². The van der Waals surface area contributed by atoms with Gasteiger partial charge in [-0.05, 0) is 44.2 Å². The number of thioether (sulfide) groups is 1. The molecule has 0 saturated carbocycles. The minimum atomic E-state index is -0.100. The molecule has 1 atom stereocenters. The van der Waals surface area contributed by atoms with Crippen LogP contribution in [-0.2, 0) is 16.1 Å². The third-order valence-corrected chi connectivity index (χ3v) is 7.15. The average molecular weight is 460 g/mol. The maximum atomic E-state index is 12.6. The predicted octanol–water partition coefficient (Wildman–Crippen LogP) is 3.18. The first-order valence-corrected chi connectivity index (χ1v) is 12.4. The van der Waals surface area contributed by atoms with E-state index in [-0.39, 0.29) is 17.8 Å². The van der Waals surface area contributed by atoms with Gasteiger partial charge in [-0.25, -0.2) is 0 Å². The number of nitrogens with one attached hydrogen (secondary N) is 1. The van der Waals surface area contributed by atoms with Crippen LogP contribution in [-0.4, -0.2) is 61.0 Å². The van der Waals surface area contributed by atoms with Crippen molar-refractivity contribution in [3.63, 3.8) is 0 Å². The van der Waals surface area contributed by atoms with Crippen LogP contribution in [0.2, 0.25) is 0 Å². The number of anilines is 2. The summed E-state index contributed by atoms with van der Waals surface area (Å²) in [6, 6.07) is 5.61. The summed E-state index contributed by atoms with van der Waals surface area (Å²) < 4.78 is 16.5. The summed E-state index contributed by atoms with van der Waals surface area (Å²) in [5, 5.41) is 12.6. The molecule has 1 unspecified atom stereocenters. The lowest BCUT2D eigenvalue weighted by atomic mass is 10.1. The normalized spacial score (nSPS) is 19.2. The summed E-state index contributed by atoms with van der Waals surface area (Å²) in [5.74, 6) is 1.05. The highest BCUT2D eigenvalue weighted by Crippen LogP contribution is 2.27. The van der Waals surface area contributed by atoms with E-state index >= 15 is 0 Å². The molecule has 0 radical (unpaired) electrons. The van der Waals surface area contributed by atoms with Crippen LogP contribution in [0.4, 0.5) is 11.6 Å². The molecule has 4 heterocycles. The van der Waals surface area contributed by atoms with Crippen molar-refractivity contribution in [1.29, 1.82) is 0 Å². The molecule has 2 aromatic heterocycles. The van der Waals surface area contributed by atoms with Crippen LogP contribution >= 0.6 is 23.5 Å². The highest BCUT2D eigenvalue weighted by atomic mass is 32.2. The lowest BCUT2D eigenvalue weighted by Crippen LogP contribution is -2.33. The van der Waals surface area contributed by atoms with Crippen molar-refractivity contribution in [2.45, 2.75) is 49.9 Å². The first-order valence-electron chi connectivity index (χ1n) is 10.7. The summed E-state index contributed by atoms with van der Waals surface area (Å²) in [6.45, 7) is 3.54. The Morgan fingerprint density at radius 2 is 2.10 bits per heavy atom. The van der Waals surface area contributed by atoms with Crippen LogP contribution in [0.1, 0.15) is 32.1 Å². The van der Waals surface area contributed by atoms with Gasteiger partial charge < -0.3 is 15.0 Å². The molecule has 2 aliphatic rings. The average Bonchev–Trinajstić information content (AvgIpc) is 3.55. The maximum absolute atomic E-state index is 12.6. The zero-order valence-electron chi connectivity index (χ0n) is 17.2. The number of carbonyl (C=O) groups excluding carboxylic acids is 1. The number of aromatic nitrogens is 5. The first-order chi connectivity index (χ1) is 15.3. The summed E-state index contributed by atoms with van der Waals surface area (Å²) in [4.78, 5) is 15.0. The fraction of sp³-hybridized carbons (Fsp3) is 0.550. The molecule has 11 heteroatoms. The van der Waals surface area contributed by atoms with Gasteiger partial charge in [0.2, 0.25) is 11.9 Å². The van der Waals surface area contributed by atoms with Gasteiger partial charge in [0.25, 0.3) is 0 Å². The number of hydrogen-bond donors (Lipinski definition) is 1. The smallest absolute Gasteiger partial charge is 0.234 e. The summed E-state index contributed by atoms with van der Waals surface area (Å²) in [6.07, 6.45) is 5.94. The Kier molecular flexibility index (Phi) is 6.32. The molecular formula is C20H25N7O2S2. The third kappa shape index (κ3) is 4.68. The topological polar surface area (TPSA) is 98.1 Å². The van der Waals surface area contributed by atoms with E-state index in [9.17, 15) is 4.79 Å². The van der Waals surface area contributed by atoms with E-state index in [1.54, 1.807) is 0 Å². The van der Waals surface area contributed by atoms with Gasteiger partial charge in [0.1, 0.15) is 11.0 Å². The second kappa shape index (κ2) is 9.49. The quantitative estimate of drug-likeness (QED) is 0.538. The van der Waals surface area contributed by atoms with E-state index in [0.29, 0.717) is 5.69 Å². The summed E-state index contributed by atoms with van der Waals surface area (Å²) in [7, 11) is 0. The molecule has 9 nitrogen and oxygen atoms in total. The molecule has 1 aromatic carbocycles. The van der Waals surface area contributed by atoms with E-state index in [0.717, 1.165) is 72.9 Å². The van der Waals surface area contributed by atoms with Crippen molar-refractivity contribution in [3.05, 3.63) is 18.2 Å². The molecule has 3 aromatic rings. The Bertz CT molecular complexity index is 1040. The SMILES string of the molecule is O=C(CSc1nnc(N2CCCCC2)n1CC1CCCO1)Nc1cccc2nsnc12. The van der Waals surface area contributed by atoms with Crippen LogP contribution in [0, 0.1) is 0 Å². The molecule has 2 aliphatic heterocycles. The summed E-state index contributed by atoms with van der Waals surface area (Å²) >= 11 is 2.55. The zero-order valence-corrected chi connectivity index (χ0v) is 18.8. The van der Waals surface area contributed by atoms with Crippen molar-refractivity contribution >= 4 is 52.1 Å². The first kappa shape index (κ1) is 20.7. The second-order valence-corrected chi connectivity index (χ2v) is 9.32. The van der Waals surface area contributed by atoms with Crippen LogP contribution in [0.5, 0.6) is 0 Å². The number of amides is 1. The zero-order chi connectivity index (χ0) is 21.0. The van der Waals surface area contributed by atoms with Gasteiger partial charge in [0, 0.05) is 19.7 Å². The van der Waals surface area contributed by atoms with Gasteiger partial charge in [-0.15, -0.1) is 10.2 Å². The van der Waals surface area contributed by atoms with Gasteiger partial charge in [-0.2, -0.15) is 8.75 Å². The number of fused-ring (bicyclic) bond motifs is 1. The fourth-order valence-corrected chi connectivity index (χ4v) is 5.38. The molecule has 31 heavy (non-hydrogen) atoms. The largest absolute Gasteiger partial charge is 0.376 e. The van der Waals surface area contributed by atoms with E-state index in [2.05, 4.69) is 33.7 Å². The Morgan fingerprint density at radius 3 is 2.94 bits per heavy atom. The number of benzene rings is 1.